The third kappa shape index (κ3) is 3.72. The third-order valence-electron chi connectivity index (χ3n) is 6.79. The molecule has 6 heteroatoms. The number of benzene rings is 2. The average molecular weight is 435 g/mol. The zero-order valence-corrected chi connectivity index (χ0v) is 18.8. The fourth-order valence-corrected chi connectivity index (χ4v) is 5.56. The molecule has 2 aromatic carbocycles. The van der Waals surface area contributed by atoms with Gasteiger partial charge in [0.05, 0.1) is 12.1 Å². The van der Waals surface area contributed by atoms with Gasteiger partial charge in [0, 0.05) is 12.0 Å². The second kappa shape index (κ2) is 7.84. The summed E-state index contributed by atoms with van der Waals surface area (Å²) in [5, 5.41) is 2.96. The van der Waals surface area contributed by atoms with E-state index in [9.17, 15) is 9.59 Å². The topological polar surface area (TPSA) is 67.9 Å². The van der Waals surface area contributed by atoms with Crippen LogP contribution in [0.5, 0.6) is 0 Å². The second-order valence-electron chi connectivity index (χ2n) is 10.00. The smallest absolute Gasteiger partial charge is 0.410 e. The van der Waals surface area contributed by atoms with Crippen LogP contribution in [0.2, 0.25) is 0 Å². The first kappa shape index (κ1) is 20.9. The van der Waals surface area contributed by atoms with Gasteiger partial charge in [-0.1, -0.05) is 48.5 Å². The molecule has 0 aromatic heterocycles. The monoisotopic (exact) mass is 434 g/mol. The molecule has 0 saturated carbocycles. The van der Waals surface area contributed by atoms with E-state index in [0.717, 1.165) is 19.3 Å². The lowest BCUT2D eigenvalue weighted by Crippen LogP contribution is -2.47. The normalized spacial score (nSPS) is 23.6. The molecule has 3 atom stereocenters. The number of alkyl carbamates (subject to hydrolysis) is 1. The highest BCUT2D eigenvalue weighted by atomic mass is 16.6. The molecule has 2 saturated heterocycles. The third-order valence-corrected chi connectivity index (χ3v) is 6.79. The van der Waals surface area contributed by atoms with Crippen LogP contribution in [0.1, 0.15) is 57.1 Å². The Morgan fingerprint density at radius 2 is 1.62 bits per heavy atom. The van der Waals surface area contributed by atoms with Gasteiger partial charge >= 0.3 is 12.2 Å². The lowest BCUT2D eigenvalue weighted by atomic mass is 9.96. The van der Waals surface area contributed by atoms with Gasteiger partial charge in [-0.2, -0.15) is 0 Å². The number of ether oxygens (including phenoxy) is 2. The maximum Gasteiger partial charge on any atom is 0.410 e. The quantitative estimate of drug-likeness (QED) is 0.733. The molecule has 2 heterocycles. The van der Waals surface area contributed by atoms with Gasteiger partial charge in [-0.25, -0.2) is 9.59 Å². The van der Waals surface area contributed by atoms with Crippen molar-refractivity contribution < 1.29 is 19.1 Å². The van der Waals surface area contributed by atoms with Crippen molar-refractivity contribution in [1.29, 1.82) is 0 Å². The van der Waals surface area contributed by atoms with E-state index in [2.05, 4.69) is 29.6 Å². The first-order valence-corrected chi connectivity index (χ1v) is 11.4. The highest BCUT2D eigenvalue weighted by molar-refractivity contribution is 5.79. The number of carbonyl (C=O) groups excluding carboxylic acids is 2. The molecular weight excluding hydrogens is 404 g/mol. The number of hydrogen-bond acceptors (Lipinski definition) is 4. The summed E-state index contributed by atoms with van der Waals surface area (Å²) < 4.78 is 11.3. The van der Waals surface area contributed by atoms with Gasteiger partial charge in [-0.15, -0.1) is 0 Å². The second-order valence-corrected chi connectivity index (χ2v) is 10.00. The summed E-state index contributed by atoms with van der Waals surface area (Å²) in [5.41, 5.74) is 4.29. The van der Waals surface area contributed by atoms with Gasteiger partial charge < -0.3 is 19.7 Å². The van der Waals surface area contributed by atoms with Crippen molar-refractivity contribution in [2.45, 2.75) is 69.7 Å². The Balaban J connectivity index is 1.25. The number of nitrogens with one attached hydrogen (secondary N) is 1. The van der Waals surface area contributed by atoms with E-state index in [1.165, 1.54) is 22.3 Å². The molecule has 5 rings (SSSR count). The molecule has 2 amide bonds. The number of hydrogen-bond donors (Lipinski definition) is 1. The highest BCUT2D eigenvalue weighted by Gasteiger charge is 2.50. The molecule has 2 aliphatic heterocycles. The van der Waals surface area contributed by atoms with Gasteiger partial charge in [0.2, 0.25) is 0 Å². The Labute approximate surface area is 188 Å². The Bertz CT molecular complexity index is 999. The first-order valence-electron chi connectivity index (χ1n) is 11.4. The molecule has 32 heavy (non-hydrogen) atoms. The summed E-state index contributed by atoms with van der Waals surface area (Å²) >= 11 is 0. The number of rotatable bonds is 3. The minimum atomic E-state index is -0.547. The zero-order chi connectivity index (χ0) is 22.5. The number of nitrogens with zero attached hydrogens (tertiary/aromatic N) is 1. The predicted molar refractivity (Wildman–Crippen MR) is 121 cm³/mol. The number of fused-ring (bicyclic) bond motifs is 5. The highest BCUT2D eigenvalue weighted by Crippen LogP contribution is 2.45. The van der Waals surface area contributed by atoms with Crippen molar-refractivity contribution in [3.8, 4) is 11.1 Å². The Kier molecular flexibility index (Phi) is 5.11. The molecule has 0 spiro atoms. The Hall–Kier alpha value is -3.02. The van der Waals surface area contributed by atoms with Crippen LogP contribution < -0.4 is 5.32 Å². The van der Waals surface area contributed by atoms with Gasteiger partial charge in [0.15, 0.2) is 0 Å². The van der Waals surface area contributed by atoms with Crippen LogP contribution in [0.15, 0.2) is 48.5 Å². The fourth-order valence-electron chi connectivity index (χ4n) is 5.56. The lowest BCUT2D eigenvalue weighted by Gasteiger charge is -2.26. The largest absolute Gasteiger partial charge is 0.448 e. The van der Waals surface area contributed by atoms with Crippen LogP contribution in [0, 0.1) is 0 Å². The van der Waals surface area contributed by atoms with E-state index in [1.54, 1.807) is 0 Å². The van der Waals surface area contributed by atoms with Gasteiger partial charge in [0.25, 0.3) is 0 Å². The van der Waals surface area contributed by atoms with E-state index in [1.807, 2.05) is 49.9 Å². The van der Waals surface area contributed by atoms with E-state index >= 15 is 0 Å². The molecule has 0 radical (unpaired) electrons. The molecule has 168 valence electrons. The number of amides is 2. The van der Waals surface area contributed by atoms with E-state index < -0.39 is 11.7 Å². The van der Waals surface area contributed by atoms with Crippen molar-refractivity contribution in [3.05, 3.63) is 59.7 Å². The van der Waals surface area contributed by atoms with Gasteiger partial charge in [0.1, 0.15) is 12.2 Å². The summed E-state index contributed by atoms with van der Waals surface area (Å²) in [7, 11) is 0. The summed E-state index contributed by atoms with van der Waals surface area (Å²) in [6.45, 7) is 5.84. The van der Waals surface area contributed by atoms with Crippen LogP contribution >= 0.6 is 0 Å². The standard InChI is InChI=1S/C26H30N2O4/c1-26(2,3)32-24(29)27-22-14-16-12-13-23(22)28(16)25(30)31-15-21-19-10-6-4-8-17(19)18-9-5-7-11-20(18)21/h4-11,16,21-23H,12-15H2,1-3H3,(H,27,29)/t16-,22-,23+/m0/s1. The van der Waals surface area contributed by atoms with Crippen LogP contribution in [0.4, 0.5) is 9.59 Å². The van der Waals surface area contributed by atoms with Crippen molar-refractivity contribution in [2.24, 2.45) is 0 Å². The molecule has 2 aromatic rings. The number of carbonyl (C=O) groups is 2. The maximum atomic E-state index is 13.1. The summed E-state index contributed by atoms with van der Waals surface area (Å²) in [5.74, 6) is 0.0438. The van der Waals surface area contributed by atoms with E-state index in [4.69, 9.17) is 9.47 Å². The molecule has 2 bridgehead atoms. The van der Waals surface area contributed by atoms with Crippen LogP contribution in [0.3, 0.4) is 0 Å². The van der Waals surface area contributed by atoms with Gasteiger partial charge in [-0.3, -0.25) is 0 Å². The Morgan fingerprint density at radius 3 is 2.25 bits per heavy atom. The Morgan fingerprint density at radius 1 is 1.00 bits per heavy atom. The lowest BCUT2D eigenvalue weighted by molar-refractivity contribution is 0.0485. The molecule has 3 aliphatic rings. The first-order chi connectivity index (χ1) is 15.3. The zero-order valence-electron chi connectivity index (χ0n) is 18.8. The molecule has 2 fully saturated rings. The van der Waals surface area contributed by atoms with E-state index in [-0.39, 0.29) is 30.1 Å². The van der Waals surface area contributed by atoms with Crippen LogP contribution in [0.25, 0.3) is 11.1 Å². The molecular formula is C26H30N2O4. The van der Waals surface area contributed by atoms with Gasteiger partial charge in [-0.05, 0) is 62.3 Å². The molecule has 1 N–H and O–H groups in total. The summed E-state index contributed by atoms with van der Waals surface area (Å²) in [6, 6.07) is 16.6. The maximum absolute atomic E-state index is 13.1. The SMILES string of the molecule is CC(C)(C)OC(=O)N[C@H]1C[C@@H]2CC[C@H]1N2C(=O)OCC1c2ccccc2-c2ccccc21. The van der Waals surface area contributed by atoms with Crippen LogP contribution in [-0.2, 0) is 9.47 Å². The minimum absolute atomic E-state index is 0.0387. The van der Waals surface area contributed by atoms with Crippen molar-refractivity contribution >= 4 is 12.2 Å². The van der Waals surface area contributed by atoms with Crippen molar-refractivity contribution in [2.75, 3.05) is 6.61 Å². The fraction of sp³-hybridized carbons (Fsp3) is 0.462. The molecule has 0 unspecified atom stereocenters. The summed E-state index contributed by atoms with van der Waals surface area (Å²) in [4.78, 5) is 27.2. The summed E-state index contributed by atoms with van der Waals surface area (Å²) in [6.07, 6.45) is 1.85. The van der Waals surface area contributed by atoms with Crippen molar-refractivity contribution in [1.82, 2.24) is 10.2 Å². The van der Waals surface area contributed by atoms with E-state index in [0.29, 0.717) is 6.61 Å². The van der Waals surface area contributed by atoms with Crippen LogP contribution in [-0.4, -0.2) is 47.4 Å². The molecule has 1 aliphatic carbocycles. The predicted octanol–water partition coefficient (Wildman–Crippen LogP) is 5.07. The minimum Gasteiger partial charge on any atom is -0.448 e. The molecule has 6 nitrogen and oxygen atoms in total. The van der Waals surface area contributed by atoms with Crippen molar-refractivity contribution in [3.63, 3.8) is 0 Å². The average Bonchev–Trinajstić information content (AvgIpc) is 3.40.